The topological polar surface area (TPSA) is 112 Å². The number of phosphoric ester groups is 1. The highest BCUT2D eigenvalue weighted by Crippen LogP contribution is 2.43. The monoisotopic (exact) mass is 554 g/mol. The van der Waals surface area contributed by atoms with Gasteiger partial charge < -0.3 is 24.0 Å². The number of likely N-dealkylation sites (N-methyl/N-ethyl adjacent to an activating group) is 1. The molecule has 10 heteroatoms. The van der Waals surface area contributed by atoms with Crippen LogP contribution >= 0.6 is 7.82 Å². The number of carboxylic acid groups (broad SMARTS) is 1. The molecule has 3 atom stereocenters. The molecule has 2 N–H and O–H groups in total. The van der Waals surface area contributed by atoms with Crippen molar-refractivity contribution in [3.8, 4) is 0 Å². The molecule has 0 fully saturated rings. The van der Waals surface area contributed by atoms with E-state index in [-0.39, 0.29) is 17.7 Å². The van der Waals surface area contributed by atoms with E-state index in [1.807, 2.05) is 0 Å². The fourth-order valence-corrected chi connectivity index (χ4v) is 4.74. The number of unbranched alkanes of at least 4 members (excludes halogenated alkanes) is 14. The summed E-state index contributed by atoms with van der Waals surface area (Å²) in [4.78, 5) is 21.3. The highest BCUT2D eigenvalue weighted by atomic mass is 31.2. The van der Waals surface area contributed by atoms with Crippen molar-refractivity contribution in [1.29, 1.82) is 0 Å². The standard InChI is InChI=1S/C27H56NO8P/c1-6-7-8-9-10-11-12-13-14-15-16-17-18-19-20-21-34-22-25(33-5)23-35-37(31,32)36-24-26(27(29)30)28(2,3)4/h25-26H,6-24H2,1-5H3,(H-,29,30,31,32)/p+1/t25?,26-/m1/s1. The highest BCUT2D eigenvalue weighted by Gasteiger charge is 2.35. The summed E-state index contributed by atoms with van der Waals surface area (Å²) in [5.41, 5.74) is 0. The van der Waals surface area contributed by atoms with Gasteiger partial charge in [-0.25, -0.2) is 9.36 Å². The van der Waals surface area contributed by atoms with Crippen molar-refractivity contribution in [3.05, 3.63) is 0 Å². The van der Waals surface area contributed by atoms with Crippen LogP contribution in [0.5, 0.6) is 0 Å². The van der Waals surface area contributed by atoms with E-state index < -0.39 is 32.5 Å². The van der Waals surface area contributed by atoms with Gasteiger partial charge in [0.15, 0.2) is 0 Å². The zero-order valence-corrected chi connectivity index (χ0v) is 25.2. The molecule has 0 radical (unpaired) electrons. The predicted molar refractivity (Wildman–Crippen MR) is 148 cm³/mol. The first-order valence-corrected chi connectivity index (χ1v) is 15.8. The Labute approximate surface area is 226 Å². The molecule has 0 aromatic heterocycles. The number of quaternary nitrogens is 1. The Hall–Kier alpha value is -0.540. The second kappa shape index (κ2) is 22.3. The van der Waals surface area contributed by atoms with Crippen LogP contribution in [0.4, 0.5) is 0 Å². The molecule has 2 unspecified atom stereocenters. The van der Waals surface area contributed by atoms with E-state index in [9.17, 15) is 19.4 Å². The molecule has 0 bridgehead atoms. The lowest BCUT2D eigenvalue weighted by Gasteiger charge is -2.31. The van der Waals surface area contributed by atoms with Gasteiger partial charge in [-0.15, -0.1) is 0 Å². The summed E-state index contributed by atoms with van der Waals surface area (Å²) in [6, 6.07) is -1.000. The second-order valence-corrected chi connectivity index (χ2v) is 12.4. The first-order valence-electron chi connectivity index (χ1n) is 14.3. The Bertz CT molecular complexity index is 599. The molecular formula is C27H57NO8P+. The van der Waals surface area contributed by atoms with E-state index in [4.69, 9.17) is 18.5 Å². The van der Waals surface area contributed by atoms with E-state index in [0.29, 0.717) is 6.61 Å². The molecule has 0 amide bonds. The van der Waals surface area contributed by atoms with E-state index in [1.54, 1.807) is 21.1 Å². The number of carbonyl (C=O) groups is 1. The largest absolute Gasteiger partial charge is 0.477 e. The molecule has 0 aromatic carbocycles. The van der Waals surface area contributed by atoms with Crippen LogP contribution in [0.25, 0.3) is 0 Å². The summed E-state index contributed by atoms with van der Waals surface area (Å²) >= 11 is 0. The van der Waals surface area contributed by atoms with Gasteiger partial charge in [-0.3, -0.25) is 9.05 Å². The van der Waals surface area contributed by atoms with Crippen LogP contribution in [-0.2, 0) is 27.9 Å². The van der Waals surface area contributed by atoms with Crippen molar-refractivity contribution in [2.24, 2.45) is 0 Å². The van der Waals surface area contributed by atoms with Crippen LogP contribution in [0.2, 0.25) is 0 Å². The van der Waals surface area contributed by atoms with Gasteiger partial charge in [0.1, 0.15) is 12.7 Å². The zero-order valence-electron chi connectivity index (χ0n) is 24.3. The lowest BCUT2D eigenvalue weighted by atomic mass is 10.0. The number of hydrogen-bond acceptors (Lipinski definition) is 6. The van der Waals surface area contributed by atoms with Crippen LogP contribution in [0.1, 0.15) is 103 Å². The first kappa shape index (κ1) is 36.5. The molecule has 0 aliphatic carbocycles. The Morgan fingerprint density at radius 3 is 1.59 bits per heavy atom. The average Bonchev–Trinajstić information content (AvgIpc) is 2.81. The minimum absolute atomic E-state index is 0.0448. The molecule has 9 nitrogen and oxygen atoms in total. The Kier molecular flexibility index (Phi) is 22.0. The molecule has 0 heterocycles. The Balaban J connectivity index is 3.74. The van der Waals surface area contributed by atoms with E-state index in [0.717, 1.165) is 12.8 Å². The van der Waals surface area contributed by atoms with Crippen molar-refractivity contribution in [2.45, 2.75) is 115 Å². The highest BCUT2D eigenvalue weighted by molar-refractivity contribution is 7.47. The van der Waals surface area contributed by atoms with Crippen molar-refractivity contribution in [3.63, 3.8) is 0 Å². The van der Waals surface area contributed by atoms with Crippen molar-refractivity contribution in [2.75, 3.05) is 54.7 Å². The summed E-state index contributed by atoms with van der Waals surface area (Å²) in [7, 11) is 2.08. The predicted octanol–water partition coefficient (Wildman–Crippen LogP) is 6.18. The van der Waals surface area contributed by atoms with Gasteiger partial charge in [0, 0.05) is 13.7 Å². The maximum atomic E-state index is 12.1. The summed E-state index contributed by atoms with van der Waals surface area (Å²) in [5.74, 6) is -1.12. The van der Waals surface area contributed by atoms with Gasteiger partial charge in [0.25, 0.3) is 0 Å². The van der Waals surface area contributed by atoms with Gasteiger partial charge in [-0.2, -0.15) is 0 Å². The van der Waals surface area contributed by atoms with Gasteiger partial charge in [0.2, 0.25) is 6.04 Å². The van der Waals surface area contributed by atoms with Crippen LogP contribution in [0, 0.1) is 0 Å². The van der Waals surface area contributed by atoms with Crippen LogP contribution in [0.3, 0.4) is 0 Å². The van der Waals surface area contributed by atoms with Crippen molar-refractivity contribution in [1.82, 2.24) is 0 Å². The zero-order chi connectivity index (χ0) is 28.0. The number of rotatable bonds is 27. The molecule has 0 rings (SSSR count). The fourth-order valence-electron chi connectivity index (χ4n) is 3.98. The minimum atomic E-state index is -4.41. The maximum absolute atomic E-state index is 12.1. The maximum Gasteiger partial charge on any atom is 0.472 e. The molecule has 0 saturated carbocycles. The van der Waals surface area contributed by atoms with Gasteiger partial charge in [-0.1, -0.05) is 96.8 Å². The average molecular weight is 555 g/mol. The van der Waals surface area contributed by atoms with E-state index in [2.05, 4.69) is 6.92 Å². The van der Waals surface area contributed by atoms with Gasteiger partial charge in [-0.05, 0) is 6.42 Å². The van der Waals surface area contributed by atoms with Crippen molar-refractivity contribution < 1.29 is 42.4 Å². The number of methoxy groups -OCH3 is 1. The molecule has 0 aliphatic rings. The van der Waals surface area contributed by atoms with Crippen LogP contribution in [-0.4, -0.2) is 87.3 Å². The molecule has 37 heavy (non-hydrogen) atoms. The SMILES string of the molecule is CCCCCCCCCCCCCCCCCOCC(COP(=O)(O)OC[C@H](C(=O)O)[N+](C)(C)C)OC. The third-order valence-corrected chi connectivity index (χ3v) is 7.52. The first-order chi connectivity index (χ1) is 17.5. The number of aliphatic carboxylic acids is 1. The number of hydrogen-bond donors (Lipinski definition) is 2. The third-order valence-electron chi connectivity index (χ3n) is 6.57. The molecule has 0 spiro atoms. The minimum Gasteiger partial charge on any atom is -0.477 e. The Morgan fingerprint density at radius 2 is 1.19 bits per heavy atom. The number of ether oxygens (including phenoxy) is 2. The summed E-state index contributed by atoms with van der Waals surface area (Å²) < 4.78 is 33.0. The molecule has 0 saturated heterocycles. The van der Waals surface area contributed by atoms with Crippen molar-refractivity contribution >= 4 is 13.8 Å². The van der Waals surface area contributed by atoms with Gasteiger partial charge in [0.05, 0.1) is 34.4 Å². The molecule has 0 aliphatic heterocycles. The summed E-state index contributed by atoms with van der Waals surface area (Å²) in [6.45, 7) is 2.48. The van der Waals surface area contributed by atoms with E-state index >= 15 is 0 Å². The Morgan fingerprint density at radius 1 is 0.757 bits per heavy atom. The fraction of sp³-hybridized carbons (Fsp3) is 0.963. The van der Waals surface area contributed by atoms with E-state index in [1.165, 1.54) is 90.6 Å². The summed E-state index contributed by atoms with van der Waals surface area (Å²) in [5, 5.41) is 9.29. The molecule has 0 aromatic rings. The number of phosphoric acid groups is 1. The van der Waals surface area contributed by atoms with Crippen LogP contribution in [0.15, 0.2) is 0 Å². The normalized spacial score (nSPS) is 15.4. The number of nitrogens with zero attached hydrogens (tertiary/aromatic N) is 1. The van der Waals surface area contributed by atoms with Crippen LogP contribution < -0.4 is 0 Å². The summed E-state index contributed by atoms with van der Waals surface area (Å²) in [6.07, 6.45) is 19.2. The molecular weight excluding hydrogens is 497 g/mol. The lowest BCUT2D eigenvalue weighted by molar-refractivity contribution is -0.887. The second-order valence-electron chi connectivity index (χ2n) is 10.9. The smallest absolute Gasteiger partial charge is 0.472 e. The number of carboxylic acids is 1. The van der Waals surface area contributed by atoms with Gasteiger partial charge >= 0.3 is 13.8 Å². The third kappa shape index (κ3) is 22.0. The lowest BCUT2D eigenvalue weighted by Crippen LogP contribution is -2.52. The molecule has 222 valence electrons. The quantitative estimate of drug-likeness (QED) is 0.0703.